The van der Waals surface area contributed by atoms with Crippen LogP contribution in [-0.2, 0) is 4.79 Å². The molecule has 1 aromatic carbocycles. The van der Waals surface area contributed by atoms with Crippen LogP contribution in [0.4, 0.5) is 0 Å². The molecule has 1 saturated carbocycles. The minimum Gasteiger partial charge on any atom is -0.339 e. The zero-order valence-corrected chi connectivity index (χ0v) is 14.2. The van der Waals surface area contributed by atoms with Crippen molar-refractivity contribution in [1.82, 2.24) is 4.90 Å². The lowest BCUT2D eigenvalue weighted by molar-refractivity contribution is -0.138. The molecule has 122 valence electrons. The Morgan fingerprint density at radius 3 is 2.32 bits per heavy atom. The van der Waals surface area contributed by atoms with E-state index in [1.165, 1.54) is 12.8 Å². The van der Waals surface area contributed by atoms with Gasteiger partial charge in [-0.2, -0.15) is 0 Å². The van der Waals surface area contributed by atoms with Crippen LogP contribution >= 0.6 is 0 Å². The number of hydrogen-bond acceptors (Lipinski definition) is 2. The first-order chi connectivity index (χ1) is 10.5. The van der Waals surface area contributed by atoms with Gasteiger partial charge in [-0.3, -0.25) is 4.79 Å². The number of benzene rings is 1. The predicted octanol–water partition coefficient (Wildman–Crippen LogP) is 3.75. The highest BCUT2D eigenvalue weighted by Crippen LogP contribution is 2.28. The molecule has 0 aromatic heterocycles. The van der Waals surface area contributed by atoms with E-state index in [1.807, 2.05) is 37.3 Å². The van der Waals surface area contributed by atoms with Crippen molar-refractivity contribution >= 4 is 5.91 Å². The van der Waals surface area contributed by atoms with E-state index >= 15 is 0 Å². The average molecular weight is 302 g/mol. The van der Waals surface area contributed by atoms with E-state index in [9.17, 15) is 4.79 Å². The topological polar surface area (TPSA) is 46.3 Å². The highest BCUT2D eigenvalue weighted by molar-refractivity contribution is 5.79. The number of hydrogen-bond donors (Lipinski definition) is 1. The van der Waals surface area contributed by atoms with E-state index in [0.717, 1.165) is 24.9 Å². The third kappa shape index (κ3) is 4.10. The molecular weight excluding hydrogens is 272 g/mol. The molecule has 1 fully saturated rings. The number of carbonyl (C=O) groups is 1. The minimum absolute atomic E-state index is 0.179. The van der Waals surface area contributed by atoms with Crippen molar-refractivity contribution in [3.63, 3.8) is 0 Å². The van der Waals surface area contributed by atoms with Gasteiger partial charge < -0.3 is 10.6 Å². The van der Waals surface area contributed by atoms with E-state index < -0.39 is 0 Å². The summed E-state index contributed by atoms with van der Waals surface area (Å²) in [7, 11) is 0. The highest BCUT2D eigenvalue weighted by atomic mass is 16.2. The van der Waals surface area contributed by atoms with E-state index in [4.69, 9.17) is 5.73 Å². The van der Waals surface area contributed by atoms with Crippen LogP contribution in [0, 0.1) is 11.8 Å². The van der Waals surface area contributed by atoms with Gasteiger partial charge in [-0.05, 0) is 24.3 Å². The molecule has 1 aromatic rings. The van der Waals surface area contributed by atoms with Crippen molar-refractivity contribution in [2.75, 3.05) is 6.54 Å². The summed E-state index contributed by atoms with van der Waals surface area (Å²) in [4.78, 5) is 15.1. The molecule has 1 aliphatic rings. The molecule has 1 amide bonds. The van der Waals surface area contributed by atoms with Gasteiger partial charge in [-0.25, -0.2) is 0 Å². The fraction of sp³-hybridized carbons (Fsp3) is 0.632. The standard InChI is InChI=1S/C19H30N2O/c1-14(2)13-21(17-11-7-8-12-17)19(22)15(3)18(20)16-9-5-4-6-10-16/h4-6,9-10,14-15,17-18H,7-8,11-13,20H2,1-3H3. The van der Waals surface area contributed by atoms with E-state index in [1.54, 1.807) is 0 Å². The Morgan fingerprint density at radius 2 is 1.77 bits per heavy atom. The van der Waals surface area contributed by atoms with Gasteiger partial charge in [0, 0.05) is 18.6 Å². The Balaban J connectivity index is 2.11. The van der Waals surface area contributed by atoms with Crippen LogP contribution < -0.4 is 5.73 Å². The molecular formula is C19H30N2O. The van der Waals surface area contributed by atoms with E-state index in [-0.39, 0.29) is 17.9 Å². The van der Waals surface area contributed by atoms with Crippen LogP contribution in [0.15, 0.2) is 30.3 Å². The Hall–Kier alpha value is -1.35. The van der Waals surface area contributed by atoms with Gasteiger partial charge >= 0.3 is 0 Å². The Labute approximate surface area is 134 Å². The van der Waals surface area contributed by atoms with Gasteiger partial charge in [-0.1, -0.05) is 63.9 Å². The number of rotatable bonds is 6. The summed E-state index contributed by atoms with van der Waals surface area (Å²) >= 11 is 0. The molecule has 0 bridgehead atoms. The highest BCUT2D eigenvalue weighted by Gasteiger charge is 2.32. The van der Waals surface area contributed by atoms with Gasteiger partial charge in [0.25, 0.3) is 0 Å². The van der Waals surface area contributed by atoms with Crippen LogP contribution in [0.25, 0.3) is 0 Å². The van der Waals surface area contributed by atoms with Crippen LogP contribution in [0.5, 0.6) is 0 Å². The minimum atomic E-state index is -0.232. The summed E-state index contributed by atoms with van der Waals surface area (Å²) < 4.78 is 0. The SMILES string of the molecule is CC(C)CN(C(=O)C(C)C(N)c1ccccc1)C1CCCC1. The summed E-state index contributed by atoms with van der Waals surface area (Å²) in [5.41, 5.74) is 7.40. The number of amides is 1. The molecule has 3 nitrogen and oxygen atoms in total. The van der Waals surface area contributed by atoms with Crippen LogP contribution in [0.1, 0.15) is 58.1 Å². The summed E-state index contributed by atoms with van der Waals surface area (Å²) in [6, 6.07) is 10.1. The lowest BCUT2D eigenvalue weighted by Gasteiger charge is -2.34. The van der Waals surface area contributed by atoms with Crippen molar-refractivity contribution in [2.24, 2.45) is 17.6 Å². The van der Waals surface area contributed by atoms with Crippen LogP contribution in [-0.4, -0.2) is 23.4 Å². The monoisotopic (exact) mass is 302 g/mol. The first-order valence-electron chi connectivity index (χ1n) is 8.61. The van der Waals surface area contributed by atoms with Crippen molar-refractivity contribution in [3.8, 4) is 0 Å². The Morgan fingerprint density at radius 1 is 1.18 bits per heavy atom. The maximum atomic E-state index is 13.0. The van der Waals surface area contributed by atoms with Gasteiger partial charge in [0.15, 0.2) is 0 Å². The van der Waals surface area contributed by atoms with Crippen molar-refractivity contribution in [2.45, 2.75) is 58.5 Å². The summed E-state index contributed by atoms with van der Waals surface area (Å²) in [6.07, 6.45) is 4.77. The molecule has 0 aliphatic heterocycles. The fourth-order valence-corrected chi connectivity index (χ4v) is 3.41. The number of nitrogens with two attached hydrogens (primary N) is 1. The summed E-state index contributed by atoms with van der Waals surface area (Å²) in [5, 5.41) is 0. The molecule has 0 saturated heterocycles. The zero-order valence-electron chi connectivity index (χ0n) is 14.2. The maximum Gasteiger partial charge on any atom is 0.227 e. The number of nitrogens with zero attached hydrogens (tertiary/aromatic N) is 1. The quantitative estimate of drug-likeness (QED) is 0.870. The van der Waals surface area contributed by atoms with Crippen molar-refractivity contribution in [1.29, 1.82) is 0 Å². The third-order valence-corrected chi connectivity index (χ3v) is 4.72. The lowest BCUT2D eigenvalue weighted by atomic mass is 9.93. The number of carbonyl (C=O) groups excluding carboxylic acids is 1. The molecule has 0 spiro atoms. The second-order valence-corrected chi connectivity index (χ2v) is 7.05. The molecule has 1 aliphatic carbocycles. The molecule has 2 unspecified atom stereocenters. The van der Waals surface area contributed by atoms with Crippen molar-refractivity contribution in [3.05, 3.63) is 35.9 Å². The van der Waals surface area contributed by atoms with Gasteiger partial charge in [-0.15, -0.1) is 0 Å². The Kier molecular flexibility index (Phi) is 6.01. The normalized spacial score (nSPS) is 18.4. The van der Waals surface area contributed by atoms with Gasteiger partial charge in [0.05, 0.1) is 5.92 Å². The zero-order chi connectivity index (χ0) is 16.1. The lowest BCUT2D eigenvalue weighted by Crippen LogP contribution is -2.46. The average Bonchev–Trinajstić information content (AvgIpc) is 3.05. The van der Waals surface area contributed by atoms with Crippen LogP contribution in [0.3, 0.4) is 0 Å². The van der Waals surface area contributed by atoms with E-state index in [0.29, 0.717) is 12.0 Å². The Bertz CT molecular complexity index is 466. The molecule has 2 N–H and O–H groups in total. The van der Waals surface area contributed by atoms with Crippen LogP contribution in [0.2, 0.25) is 0 Å². The van der Waals surface area contributed by atoms with Gasteiger partial charge in [0.2, 0.25) is 5.91 Å². The first kappa shape index (κ1) is 17.0. The summed E-state index contributed by atoms with van der Waals surface area (Å²) in [5.74, 6) is 0.531. The smallest absolute Gasteiger partial charge is 0.227 e. The second kappa shape index (κ2) is 7.77. The first-order valence-corrected chi connectivity index (χ1v) is 8.61. The predicted molar refractivity (Wildman–Crippen MR) is 91.3 cm³/mol. The molecule has 22 heavy (non-hydrogen) atoms. The molecule has 2 atom stereocenters. The maximum absolute atomic E-state index is 13.0. The molecule has 3 heteroatoms. The van der Waals surface area contributed by atoms with E-state index in [2.05, 4.69) is 18.7 Å². The third-order valence-electron chi connectivity index (χ3n) is 4.72. The largest absolute Gasteiger partial charge is 0.339 e. The summed E-state index contributed by atoms with van der Waals surface area (Å²) in [6.45, 7) is 7.17. The van der Waals surface area contributed by atoms with Crippen molar-refractivity contribution < 1.29 is 4.79 Å². The van der Waals surface area contributed by atoms with Gasteiger partial charge in [0.1, 0.15) is 0 Å². The molecule has 0 heterocycles. The molecule has 2 rings (SSSR count). The molecule has 0 radical (unpaired) electrons. The second-order valence-electron chi connectivity index (χ2n) is 7.05. The fourth-order valence-electron chi connectivity index (χ4n) is 3.41.